The Labute approximate surface area is 156 Å². The fraction of sp³-hybridized carbons (Fsp3) is 0.0526. The summed E-state index contributed by atoms with van der Waals surface area (Å²) in [5.41, 5.74) is -0.0182. The van der Waals surface area contributed by atoms with Crippen LogP contribution in [0.3, 0.4) is 0 Å². The second-order valence-electron chi connectivity index (χ2n) is 5.23. The molecular weight excluding hydrogens is 372 g/mol. The summed E-state index contributed by atoms with van der Waals surface area (Å²) >= 11 is 6.56. The molecule has 0 radical (unpaired) electrons. The van der Waals surface area contributed by atoms with E-state index in [9.17, 15) is 5.11 Å². The molecule has 24 heavy (non-hydrogen) atoms. The summed E-state index contributed by atoms with van der Waals surface area (Å²) in [6.45, 7) is 0. The molecule has 120 valence electrons. The summed E-state index contributed by atoms with van der Waals surface area (Å²) in [6, 6.07) is 16.3. The topological polar surface area (TPSA) is 20.2 Å². The number of aliphatic hydroxyl groups is 1. The standard InChI is InChI=1S/C19H14OS4/c20-19(17-7-3-11-23-17,18-8-4-12-24-18)13-14(15-5-1-9-21-15)16-6-2-10-22-16/h1-13,20H. The van der Waals surface area contributed by atoms with Crippen molar-refractivity contribution in [3.8, 4) is 0 Å². The maximum absolute atomic E-state index is 11.7. The Morgan fingerprint density at radius 2 is 1.17 bits per heavy atom. The van der Waals surface area contributed by atoms with Crippen LogP contribution >= 0.6 is 45.3 Å². The van der Waals surface area contributed by atoms with E-state index in [-0.39, 0.29) is 0 Å². The van der Waals surface area contributed by atoms with Crippen molar-refractivity contribution in [3.63, 3.8) is 0 Å². The zero-order valence-corrected chi connectivity index (χ0v) is 15.9. The minimum absolute atomic E-state index is 0.940. The highest BCUT2D eigenvalue weighted by Crippen LogP contribution is 2.41. The van der Waals surface area contributed by atoms with Gasteiger partial charge in [-0.2, -0.15) is 0 Å². The predicted octanol–water partition coefficient (Wildman–Crippen LogP) is 6.30. The van der Waals surface area contributed by atoms with Crippen LogP contribution in [-0.4, -0.2) is 5.11 Å². The van der Waals surface area contributed by atoms with E-state index >= 15 is 0 Å². The van der Waals surface area contributed by atoms with Crippen molar-refractivity contribution < 1.29 is 5.11 Å². The van der Waals surface area contributed by atoms with Gasteiger partial charge in [0.2, 0.25) is 0 Å². The van der Waals surface area contributed by atoms with Crippen molar-refractivity contribution >= 4 is 50.9 Å². The highest BCUT2D eigenvalue weighted by atomic mass is 32.1. The van der Waals surface area contributed by atoms with Gasteiger partial charge in [0.15, 0.2) is 5.60 Å². The van der Waals surface area contributed by atoms with E-state index in [1.54, 1.807) is 45.3 Å². The van der Waals surface area contributed by atoms with Gasteiger partial charge in [-0.25, -0.2) is 0 Å². The first-order valence-corrected chi connectivity index (χ1v) is 10.9. The fourth-order valence-corrected chi connectivity index (χ4v) is 5.85. The second kappa shape index (κ2) is 6.78. The molecule has 4 aromatic rings. The Morgan fingerprint density at radius 3 is 1.54 bits per heavy atom. The molecule has 1 nitrogen and oxygen atoms in total. The summed E-state index contributed by atoms with van der Waals surface area (Å²) in [5.74, 6) is 0. The Hall–Kier alpha value is -1.50. The molecule has 0 bridgehead atoms. The molecule has 0 amide bonds. The van der Waals surface area contributed by atoms with E-state index in [1.807, 2.05) is 41.1 Å². The van der Waals surface area contributed by atoms with Gasteiger partial charge in [-0.15, -0.1) is 45.3 Å². The summed E-state index contributed by atoms with van der Waals surface area (Å²) in [6.07, 6.45) is 2.02. The monoisotopic (exact) mass is 386 g/mol. The Bertz CT molecular complexity index is 828. The molecule has 0 aliphatic rings. The third kappa shape index (κ3) is 2.94. The lowest BCUT2D eigenvalue weighted by Gasteiger charge is -2.23. The van der Waals surface area contributed by atoms with Crippen molar-refractivity contribution in [2.45, 2.75) is 5.60 Å². The van der Waals surface area contributed by atoms with Crippen LogP contribution < -0.4 is 0 Å². The maximum atomic E-state index is 11.7. The van der Waals surface area contributed by atoms with E-state index in [1.165, 1.54) is 9.75 Å². The highest BCUT2D eigenvalue weighted by Gasteiger charge is 2.32. The predicted molar refractivity (Wildman–Crippen MR) is 107 cm³/mol. The fourth-order valence-electron chi connectivity index (χ4n) is 2.59. The molecule has 0 aliphatic carbocycles. The zero-order valence-electron chi connectivity index (χ0n) is 12.6. The molecule has 0 aromatic carbocycles. The molecule has 0 saturated carbocycles. The van der Waals surface area contributed by atoms with Crippen LogP contribution in [-0.2, 0) is 5.60 Å². The lowest BCUT2D eigenvalue weighted by atomic mass is 9.95. The smallest absolute Gasteiger partial charge is 0.152 e. The van der Waals surface area contributed by atoms with Crippen molar-refractivity contribution in [3.05, 3.63) is 95.6 Å². The molecular formula is C19H14OS4. The molecule has 0 aliphatic heterocycles. The lowest BCUT2D eigenvalue weighted by molar-refractivity contribution is 0.143. The number of rotatable bonds is 5. The van der Waals surface area contributed by atoms with Crippen LogP contribution in [0.15, 0.2) is 76.1 Å². The van der Waals surface area contributed by atoms with Gasteiger partial charge in [0, 0.05) is 25.1 Å². The summed E-state index contributed by atoms with van der Waals surface area (Å²) in [5, 5.41) is 19.8. The van der Waals surface area contributed by atoms with Crippen molar-refractivity contribution in [2.75, 3.05) is 0 Å². The van der Waals surface area contributed by atoms with Crippen LogP contribution in [0.5, 0.6) is 0 Å². The molecule has 5 heteroatoms. The first-order chi connectivity index (χ1) is 11.8. The molecule has 4 heterocycles. The van der Waals surface area contributed by atoms with Gasteiger partial charge >= 0.3 is 0 Å². The molecule has 0 atom stereocenters. The number of hydrogen-bond donors (Lipinski definition) is 1. The molecule has 4 aromatic heterocycles. The van der Waals surface area contributed by atoms with Crippen molar-refractivity contribution in [1.82, 2.24) is 0 Å². The van der Waals surface area contributed by atoms with E-state index in [4.69, 9.17) is 0 Å². The Kier molecular flexibility index (Phi) is 4.52. The molecule has 0 fully saturated rings. The molecule has 1 N–H and O–H groups in total. The molecule has 0 spiro atoms. The van der Waals surface area contributed by atoms with Crippen molar-refractivity contribution in [2.24, 2.45) is 0 Å². The largest absolute Gasteiger partial charge is 0.375 e. The van der Waals surface area contributed by atoms with Gasteiger partial charge in [0.25, 0.3) is 0 Å². The first kappa shape index (κ1) is 16.0. The zero-order chi connectivity index (χ0) is 16.4. The quantitative estimate of drug-likeness (QED) is 0.427. The average Bonchev–Trinajstić information content (AvgIpc) is 3.41. The van der Waals surface area contributed by atoms with E-state index < -0.39 is 5.60 Å². The Morgan fingerprint density at radius 1 is 0.708 bits per heavy atom. The third-order valence-electron chi connectivity index (χ3n) is 3.72. The van der Waals surface area contributed by atoms with Crippen LogP contribution in [0, 0.1) is 0 Å². The minimum Gasteiger partial charge on any atom is -0.375 e. The van der Waals surface area contributed by atoms with Crippen molar-refractivity contribution in [1.29, 1.82) is 0 Å². The van der Waals surface area contributed by atoms with E-state index in [0.717, 1.165) is 15.3 Å². The SMILES string of the molecule is OC(C=C(c1cccs1)c1cccs1)(c1cccs1)c1cccs1. The summed E-state index contributed by atoms with van der Waals surface area (Å²) in [4.78, 5) is 4.22. The number of hydrogen-bond acceptors (Lipinski definition) is 5. The second-order valence-corrected chi connectivity index (χ2v) is 9.02. The van der Waals surface area contributed by atoms with Gasteiger partial charge in [0.1, 0.15) is 0 Å². The van der Waals surface area contributed by atoms with Gasteiger partial charge in [-0.05, 0) is 51.9 Å². The minimum atomic E-state index is -1.11. The average molecular weight is 387 g/mol. The van der Waals surface area contributed by atoms with Crippen LogP contribution in [0.25, 0.3) is 5.57 Å². The van der Waals surface area contributed by atoms with E-state index in [2.05, 4.69) is 35.0 Å². The van der Waals surface area contributed by atoms with Gasteiger partial charge in [0.05, 0.1) is 0 Å². The highest BCUT2D eigenvalue weighted by molar-refractivity contribution is 7.14. The number of thiophene rings is 4. The van der Waals surface area contributed by atoms with Crippen LogP contribution in [0.4, 0.5) is 0 Å². The molecule has 4 rings (SSSR count). The Balaban J connectivity index is 1.93. The van der Waals surface area contributed by atoms with Crippen LogP contribution in [0.1, 0.15) is 19.5 Å². The third-order valence-corrected chi connectivity index (χ3v) is 7.52. The maximum Gasteiger partial charge on any atom is 0.152 e. The lowest BCUT2D eigenvalue weighted by Crippen LogP contribution is -2.22. The normalized spacial score (nSPS) is 11.5. The summed E-state index contributed by atoms with van der Waals surface area (Å²) < 4.78 is 0. The van der Waals surface area contributed by atoms with Gasteiger partial charge < -0.3 is 5.11 Å². The summed E-state index contributed by atoms with van der Waals surface area (Å²) in [7, 11) is 0. The van der Waals surface area contributed by atoms with Gasteiger partial charge in [-0.3, -0.25) is 0 Å². The first-order valence-electron chi connectivity index (χ1n) is 7.38. The van der Waals surface area contributed by atoms with E-state index in [0.29, 0.717) is 0 Å². The van der Waals surface area contributed by atoms with Gasteiger partial charge in [-0.1, -0.05) is 24.3 Å². The van der Waals surface area contributed by atoms with Crippen LogP contribution in [0.2, 0.25) is 0 Å². The molecule has 0 unspecified atom stereocenters. The molecule has 0 saturated heterocycles.